The van der Waals surface area contributed by atoms with E-state index >= 15 is 0 Å². The van der Waals surface area contributed by atoms with Crippen LogP contribution in [0.1, 0.15) is 58.9 Å². The third-order valence-corrected chi connectivity index (χ3v) is 5.84. The molecule has 0 aliphatic rings. The Morgan fingerprint density at radius 2 is 1.66 bits per heavy atom. The summed E-state index contributed by atoms with van der Waals surface area (Å²) in [5.74, 6) is 0.121. The lowest BCUT2D eigenvalue weighted by Crippen LogP contribution is -2.51. The van der Waals surface area contributed by atoms with Crippen molar-refractivity contribution in [2.45, 2.75) is 84.1 Å². The molecule has 5 atom stereocenters. The molecule has 6 heteroatoms. The standard InChI is InChI=1S/C26H43N2O4/c1-18(2)14-23(27-5)26(32)28(6)24(15-19(3)12-13-20(4)29)25(31)17-22(30)16-21-10-8-7-9-11-21/h7-11,17-20,22-24,27,29-30H,12-16H2,1-6H3/t19?,20?,22?,23-,24-/m0/s1. The van der Waals surface area contributed by atoms with Gasteiger partial charge in [0.2, 0.25) is 5.91 Å². The average molecular weight is 448 g/mol. The molecule has 0 heterocycles. The minimum Gasteiger partial charge on any atom is -0.393 e. The van der Waals surface area contributed by atoms with Gasteiger partial charge in [-0.3, -0.25) is 9.59 Å². The van der Waals surface area contributed by atoms with Gasteiger partial charge < -0.3 is 20.4 Å². The number of nitrogens with one attached hydrogen (secondary N) is 1. The Kier molecular flexibility index (Phi) is 12.7. The lowest BCUT2D eigenvalue weighted by atomic mass is 9.90. The first-order valence-electron chi connectivity index (χ1n) is 11.8. The van der Waals surface area contributed by atoms with Crippen LogP contribution in [0.3, 0.4) is 0 Å². The van der Waals surface area contributed by atoms with Crippen LogP contribution in [-0.4, -0.2) is 65.2 Å². The first-order valence-corrected chi connectivity index (χ1v) is 11.8. The Labute approximate surface area is 194 Å². The predicted molar refractivity (Wildman–Crippen MR) is 129 cm³/mol. The van der Waals surface area contributed by atoms with Crippen LogP contribution >= 0.6 is 0 Å². The van der Waals surface area contributed by atoms with Crippen LogP contribution in [0.15, 0.2) is 30.3 Å². The highest BCUT2D eigenvalue weighted by Crippen LogP contribution is 2.21. The molecular weight excluding hydrogens is 404 g/mol. The molecule has 181 valence electrons. The van der Waals surface area contributed by atoms with Gasteiger partial charge in [0.1, 0.15) is 0 Å². The van der Waals surface area contributed by atoms with Crippen LogP contribution in [0, 0.1) is 18.3 Å². The van der Waals surface area contributed by atoms with Gasteiger partial charge >= 0.3 is 0 Å². The number of carbonyl (C=O) groups is 2. The molecular formula is C26H43N2O4. The van der Waals surface area contributed by atoms with E-state index < -0.39 is 18.2 Å². The van der Waals surface area contributed by atoms with Crippen LogP contribution in [0.4, 0.5) is 0 Å². The topological polar surface area (TPSA) is 89.9 Å². The van der Waals surface area contributed by atoms with Crippen LogP contribution < -0.4 is 5.32 Å². The Morgan fingerprint density at radius 1 is 1.03 bits per heavy atom. The van der Waals surface area contributed by atoms with E-state index in [0.717, 1.165) is 12.0 Å². The maximum absolute atomic E-state index is 13.2. The smallest absolute Gasteiger partial charge is 0.240 e. The van der Waals surface area contributed by atoms with Crippen molar-refractivity contribution >= 4 is 11.7 Å². The summed E-state index contributed by atoms with van der Waals surface area (Å²) in [6, 6.07) is 8.51. The number of amides is 1. The van der Waals surface area contributed by atoms with E-state index in [4.69, 9.17) is 0 Å². The molecule has 1 aromatic rings. The fourth-order valence-electron chi connectivity index (χ4n) is 3.92. The second-order valence-corrected chi connectivity index (χ2v) is 9.53. The van der Waals surface area contributed by atoms with Gasteiger partial charge in [-0.05, 0) is 63.5 Å². The van der Waals surface area contributed by atoms with Gasteiger partial charge in [-0.2, -0.15) is 0 Å². The van der Waals surface area contributed by atoms with Gasteiger partial charge in [-0.25, -0.2) is 0 Å². The molecule has 6 nitrogen and oxygen atoms in total. The molecule has 0 aliphatic heterocycles. The molecule has 0 saturated carbocycles. The number of likely N-dealkylation sites (N-methyl/N-ethyl adjacent to an activating group) is 2. The summed E-state index contributed by atoms with van der Waals surface area (Å²) < 4.78 is 0. The summed E-state index contributed by atoms with van der Waals surface area (Å²) in [7, 11) is 3.44. The maximum Gasteiger partial charge on any atom is 0.240 e. The summed E-state index contributed by atoms with van der Waals surface area (Å²) in [5, 5.41) is 23.2. The van der Waals surface area contributed by atoms with E-state index in [1.165, 1.54) is 11.3 Å². The summed E-state index contributed by atoms with van der Waals surface area (Å²) in [6.07, 6.45) is 2.95. The number of rotatable bonds is 15. The quantitative estimate of drug-likeness (QED) is 0.385. The molecule has 32 heavy (non-hydrogen) atoms. The van der Waals surface area contributed by atoms with Crippen LogP contribution in [-0.2, 0) is 16.0 Å². The Morgan fingerprint density at radius 3 is 2.19 bits per heavy atom. The largest absolute Gasteiger partial charge is 0.393 e. The van der Waals surface area contributed by atoms with E-state index in [1.54, 1.807) is 21.0 Å². The SMILES string of the molecule is CN[C@@H](CC(C)C)C(=O)N(C)[C@@H](CC(C)CCC(C)O)C(=O)[CH]C(O)Cc1ccccc1. The molecule has 0 aliphatic carbocycles. The van der Waals surface area contributed by atoms with Gasteiger partial charge in [-0.1, -0.05) is 51.1 Å². The fourth-order valence-corrected chi connectivity index (χ4v) is 3.92. The minimum atomic E-state index is -0.917. The second-order valence-electron chi connectivity index (χ2n) is 9.53. The molecule has 1 amide bonds. The highest BCUT2D eigenvalue weighted by atomic mass is 16.3. The number of aliphatic hydroxyl groups excluding tert-OH is 2. The zero-order valence-electron chi connectivity index (χ0n) is 20.6. The van der Waals surface area contributed by atoms with Crippen molar-refractivity contribution in [2.75, 3.05) is 14.1 Å². The van der Waals surface area contributed by atoms with Crippen molar-refractivity contribution in [1.82, 2.24) is 10.2 Å². The molecule has 1 aromatic carbocycles. The monoisotopic (exact) mass is 447 g/mol. The van der Waals surface area contributed by atoms with Crippen molar-refractivity contribution < 1.29 is 19.8 Å². The van der Waals surface area contributed by atoms with Gasteiger partial charge in [0.15, 0.2) is 5.78 Å². The van der Waals surface area contributed by atoms with Gasteiger partial charge in [0, 0.05) is 7.05 Å². The number of ketones is 1. The summed E-state index contributed by atoms with van der Waals surface area (Å²) in [6.45, 7) is 7.91. The van der Waals surface area contributed by atoms with Crippen molar-refractivity contribution in [3.63, 3.8) is 0 Å². The fraction of sp³-hybridized carbons (Fsp3) is 0.654. The number of aliphatic hydroxyl groups is 2. The summed E-state index contributed by atoms with van der Waals surface area (Å²) in [4.78, 5) is 27.9. The van der Waals surface area contributed by atoms with Crippen LogP contribution in [0.5, 0.6) is 0 Å². The third kappa shape index (κ3) is 10.2. The van der Waals surface area contributed by atoms with E-state index in [2.05, 4.69) is 19.2 Å². The molecule has 1 radical (unpaired) electrons. The maximum atomic E-state index is 13.2. The van der Waals surface area contributed by atoms with E-state index in [9.17, 15) is 19.8 Å². The van der Waals surface area contributed by atoms with E-state index in [1.807, 2.05) is 37.3 Å². The molecule has 0 bridgehead atoms. The molecule has 0 fully saturated rings. The third-order valence-electron chi connectivity index (χ3n) is 5.84. The van der Waals surface area contributed by atoms with Gasteiger partial charge in [0.25, 0.3) is 0 Å². The summed E-state index contributed by atoms with van der Waals surface area (Å²) >= 11 is 0. The van der Waals surface area contributed by atoms with Gasteiger partial charge in [-0.15, -0.1) is 0 Å². The Bertz CT molecular complexity index is 678. The van der Waals surface area contributed by atoms with Crippen molar-refractivity contribution in [1.29, 1.82) is 0 Å². The van der Waals surface area contributed by atoms with Gasteiger partial charge in [0.05, 0.1) is 30.7 Å². The normalized spacial score (nSPS) is 16.3. The first kappa shape index (κ1) is 28.3. The number of Topliss-reactive ketones (excluding diaryl/α,β-unsaturated/α-hetero) is 1. The Hall–Kier alpha value is -1.76. The zero-order chi connectivity index (χ0) is 24.3. The Balaban J connectivity index is 2.94. The molecule has 0 aromatic heterocycles. The average Bonchev–Trinajstić information content (AvgIpc) is 2.73. The van der Waals surface area contributed by atoms with Crippen LogP contribution in [0.25, 0.3) is 0 Å². The van der Waals surface area contributed by atoms with Crippen molar-refractivity contribution in [2.24, 2.45) is 11.8 Å². The highest BCUT2D eigenvalue weighted by Gasteiger charge is 2.33. The predicted octanol–water partition coefficient (Wildman–Crippen LogP) is 3.01. The van der Waals surface area contributed by atoms with Crippen molar-refractivity contribution in [3.8, 4) is 0 Å². The molecule has 1 rings (SSSR count). The van der Waals surface area contributed by atoms with E-state index in [-0.39, 0.29) is 23.7 Å². The second kappa shape index (κ2) is 14.4. The van der Waals surface area contributed by atoms with E-state index in [0.29, 0.717) is 31.6 Å². The lowest BCUT2D eigenvalue weighted by molar-refractivity contribution is -0.139. The number of nitrogens with zero attached hydrogens (tertiary/aromatic N) is 1. The molecule has 3 unspecified atom stereocenters. The minimum absolute atomic E-state index is 0.117. The first-order chi connectivity index (χ1) is 15.0. The number of carbonyl (C=O) groups excluding carboxylic acids is 2. The molecule has 3 N–H and O–H groups in total. The number of benzene rings is 1. The number of hydrogen-bond acceptors (Lipinski definition) is 5. The van der Waals surface area contributed by atoms with Crippen LogP contribution in [0.2, 0.25) is 0 Å². The highest BCUT2D eigenvalue weighted by molar-refractivity contribution is 5.96. The van der Waals surface area contributed by atoms with Crippen molar-refractivity contribution in [3.05, 3.63) is 42.3 Å². The zero-order valence-corrected chi connectivity index (χ0v) is 20.6. The molecule has 0 spiro atoms. The summed E-state index contributed by atoms with van der Waals surface area (Å²) in [5.41, 5.74) is 0.947. The number of hydrogen-bond donors (Lipinski definition) is 3. The lowest BCUT2D eigenvalue weighted by Gasteiger charge is -2.33. The molecule has 0 saturated heterocycles.